The molecule has 3 N–H and O–H groups in total. The van der Waals surface area contributed by atoms with Gasteiger partial charge in [0.25, 0.3) is 0 Å². The highest BCUT2D eigenvalue weighted by atomic mass is 32.1. The summed E-state index contributed by atoms with van der Waals surface area (Å²) in [7, 11) is 0. The minimum atomic E-state index is -0.356. The molecule has 0 aromatic carbocycles. The summed E-state index contributed by atoms with van der Waals surface area (Å²) >= 11 is 1.54. The number of rotatable bonds is 5. The Kier molecular flexibility index (Phi) is 4.96. The van der Waals surface area contributed by atoms with Crippen molar-refractivity contribution < 1.29 is 9.90 Å². The van der Waals surface area contributed by atoms with E-state index >= 15 is 0 Å². The summed E-state index contributed by atoms with van der Waals surface area (Å²) in [6, 6.07) is 3.63. The average molecular weight is 256 g/mol. The molecule has 1 atom stereocenters. The second kappa shape index (κ2) is 6.02. The van der Waals surface area contributed by atoms with Gasteiger partial charge in [0.2, 0.25) is 0 Å². The molecule has 1 aromatic rings. The van der Waals surface area contributed by atoms with Crippen molar-refractivity contribution in [1.29, 1.82) is 0 Å². The van der Waals surface area contributed by atoms with E-state index < -0.39 is 0 Å². The molecular weight excluding hydrogens is 236 g/mol. The van der Waals surface area contributed by atoms with Crippen LogP contribution in [-0.2, 0) is 0 Å². The minimum absolute atomic E-state index is 0.0722. The number of thiophene rings is 1. The van der Waals surface area contributed by atoms with Crippen LogP contribution < -0.4 is 10.6 Å². The average Bonchev–Trinajstić information content (AvgIpc) is 2.64. The normalized spacial score (nSPS) is 14.1. The molecule has 2 amide bonds. The minimum Gasteiger partial charge on any atom is -0.396 e. The fourth-order valence-electron chi connectivity index (χ4n) is 1.49. The van der Waals surface area contributed by atoms with E-state index in [1.807, 2.05) is 32.9 Å². The zero-order chi connectivity index (χ0) is 12.9. The van der Waals surface area contributed by atoms with Gasteiger partial charge in [-0.05, 0) is 38.8 Å². The molecule has 1 rings (SSSR count). The molecule has 0 aliphatic heterocycles. The number of aryl methyl sites for hydroxylation is 1. The molecule has 0 saturated carbocycles. The Morgan fingerprint density at radius 1 is 1.53 bits per heavy atom. The van der Waals surface area contributed by atoms with Crippen molar-refractivity contribution in [2.75, 3.05) is 11.9 Å². The zero-order valence-electron chi connectivity index (χ0n) is 10.5. The SMILES string of the molecule is CCC(C)(CCO)NC(=O)Nc1ccc(C)s1. The molecule has 0 saturated heterocycles. The van der Waals surface area contributed by atoms with Crippen molar-refractivity contribution in [2.45, 2.75) is 39.2 Å². The Hall–Kier alpha value is -1.07. The van der Waals surface area contributed by atoms with Gasteiger partial charge >= 0.3 is 6.03 Å². The highest BCUT2D eigenvalue weighted by Crippen LogP contribution is 2.21. The van der Waals surface area contributed by atoms with Gasteiger partial charge in [-0.2, -0.15) is 0 Å². The summed E-state index contributed by atoms with van der Waals surface area (Å²) in [4.78, 5) is 12.9. The summed E-state index contributed by atoms with van der Waals surface area (Å²) in [5, 5.41) is 15.5. The number of hydrogen-bond acceptors (Lipinski definition) is 3. The lowest BCUT2D eigenvalue weighted by molar-refractivity contribution is 0.208. The topological polar surface area (TPSA) is 61.4 Å². The molecule has 1 heterocycles. The van der Waals surface area contributed by atoms with E-state index in [1.165, 1.54) is 0 Å². The van der Waals surface area contributed by atoms with Crippen LogP contribution >= 0.6 is 11.3 Å². The van der Waals surface area contributed by atoms with Crippen LogP contribution in [0.15, 0.2) is 12.1 Å². The molecule has 0 bridgehead atoms. The van der Waals surface area contributed by atoms with Crippen molar-refractivity contribution in [3.05, 3.63) is 17.0 Å². The molecule has 0 aliphatic carbocycles. The first-order valence-corrected chi connectivity index (χ1v) is 6.57. The summed E-state index contributed by atoms with van der Waals surface area (Å²) < 4.78 is 0. The maximum atomic E-state index is 11.8. The highest BCUT2D eigenvalue weighted by molar-refractivity contribution is 7.16. The number of aliphatic hydroxyl groups excluding tert-OH is 1. The largest absolute Gasteiger partial charge is 0.396 e. The van der Waals surface area contributed by atoms with E-state index in [0.717, 1.165) is 16.3 Å². The number of nitrogens with one attached hydrogen (secondary N) is 2. The fourth-order valence-corrected chi connectivity index (χ4v) is 2.26. The predicted octanol–water partition coefficient (Wildman–Crippen LogP) is 2.73. The molecule has 4 nitrogen and oxygen atoms in total. The maximum absolute atomic E-state index is 11.8. The van der Waals surface area contributed by atoms with Gasteiger partial charge in [-0.3, -0.25) is 5.32 Å². The van der Waals surface area contributed by atoms with Crippen LogP contribution in [0, 0.1) is 6.92 Å². The van der Waals surface area contributed by atoms with Gasteiger partial charge in [0.05, 0.1) is 5.00 Å². The van der Waals surface area contributed by atoms with Crippen LogP contribution in [0.2, 0.25) is 0 Å². The molecule has 1 aromatic heterocycles. The van der Waals surface area contributed by atoms with Crippen LogP contribution in [0.25, 0.3) is 0 Å². The van der Waals surface area contributed by atoms with Crippen molar-refractivity contribution in [3.8, 4) is 0 Å². The lowest BCUT2D eigenvalue weighted by Gasteiger charge is -2.28. The zero-order valence-corrected chi connectivity index (χ0v) is 11.4. The van der Waals surface area contributed by atoms with Crippen molar-refractivity contribution in [3.63, 3.8) is 0 Å². The molecule has 5 heteroatoms. The van der Waals surface area contributed by atoms with Gasteiger partial charge in [0, 0.05) is 17.0 Å². The third-order valence-corrected chi connectivity index (χ3v) is 3.75. The van der Waals surface area contributed by atoms with Gasteiger partial charge in [-0.15, -0.1) is 11.3 Å². The highest BCUT2D eigenvalue weighted by Gasteiger charge is 2.23. The molecule has 0 aliphatic rings. The van der Waals surface area contributed by atoms with Crippen LogP contribution in [-0.4, -0.2) is 23.3 Å². The Morgan fingerprint density at radius 3 is 2.71 bits per heavy atom. The van der Waals surface area contributed by atoms with Gasteiger partial charge in [0.15, 0.2) is 0 Å². The van der Waals surface area contributed by atoms with E-state index in [9.17, 15) is 4.79 Å². The summed E-state index contributed by atoms with van der Waals surface area (Å²) in [5.74, 6) is 0. The maximum Gasteiger partial charge on any atom is 0.320 e. The molecular formula is C12H20N2O2S. The summed E-state index contributed by atoms with van der Waals surface area (Å²) in [6.07, 6.45) is 1.34. The lowest BCUT2D eigenvalue weighted by Crippen LogP contribution is -2.47. The van der Waals surface area contributed by atoms with Crippen LogP contribution in [0.4, 0.5) is 9.80 Å². The van der Waals surface area contributed by atoms with Crippen molar-refractivity contribution in [2.24, 2.45) is 0 Å². The first-order chi connectivity index (χ1) is 7.99. The fraction of sp³-hybridized carbons (Fsp3) is 0.583. The van der Waals surface area contributed by atoms with E-state index in [-0.39, 0.29) is 18.2 Å². The lowest BCUT2D eigenvalue weighted by atomic mass is 9.95. The van der Waals surface area contributed by atoms with Gasteiger partial charge in [-0.25, -0.2) is 4.79 Å². The quantitative estimate of drug-likeness (QED) is 0.758. The second-order valence-electron chi connectivity index (χ2n) is 4.38. The van der Waals surface area contributed by atoms with Crippen LogP contribution in [0.1, 0.15) is 31.6 Å². The Morgan fingerprint density at radius 2 is 2.24 bits per heavy atom. The molecule has 0 fully saturated rings. The first kappa shape index (κ1) is 14.0. The number of amides is 2. The summed E-state index contributed by atoms with van der Waals surface area (Å²) in [5.41, 5.74) is -0.356. The standard InChI is InChI=1S/C12H20N2O2S/c1-4-12(3,7-8-15)14-11(16)13-10-6-5-9(2)17-10/h5-6,15H,4,7-8H2,1-3H3,(H2,13,14,16). The predicted molar refractivity (Wildman–Crippen MR) is 71.6 cm³/mol. The number of urea groups is 1. The Bertz CT molecular complexity index is 378. The van der Waals surface area contributed by atoms with Gasteiger partial charge < -0.3 is 10.4 Å². The van der Waals surface area contributed by atoms with E-state index in [1.54, 1.807) is 11.3 Å². The number of hydrogen-bond donors (Lipinski definition) is 3. The Labute approximate surface area is 106 Å². The van der Waals surface area contributed by atoms with Crippen molar-refractivity contribution in [1.82, 2.24) is 5.32 Å². The molecule has 1 unspecified atom stereocenters. The smallest absolute Gasteiger partial charge is 0.320 e. The van der Waals surface area contributed by atoms with E-state index in [2.05, 4.69) is 10.6 Å². The van der Waals surface area contributed by atoms with Gasteiger partial charge in [-0.1, -0.05) is 6.92 Å². The number of anilines is 1. The molecule has 96 valence electrons. The van der Waals surface area contributed by atoms with Gasteiger partial charge in [0.1, 0.15) is 0 Å². The van der Waals surface area contributed by atoms with Crippen molar-refractivity contribution >= 4 is 22.4 Å². The van der Waals surface area contributed by atoms with Crippen LogP contribution in [0.3, 0.4) is 0 Å². The van der Waals surface area contributed by atoms with E-state index in [4.69, 9.17) is 5.11 Å². The summed E-state index contributed by atoms with van der Waals surface area (Å²) in [6.45, 7) is 5.99. The third kappa shape index (κ3) is 4.36. The molecule has 0 spiro atoms. The monoisotopic (exact) mass is 256 g/mol. The van der Waals surface area contributed by atoms with Crippen LogP contribution in [0.5, 0.6) is 0 Å². The number of carbonyl (C=O) groups excluding carboxylic acids is 1. The third-order valence-electron chi connectivity index (χ3n) is 2.84. The number of aliphatic hydroxyl groups is 1. The molecule has 17 heavy (non-hydrogen) atoms. The Balaban J connectivity index is 2.53. The first-order valence-electron chi connectivity index (χ1n) is 5.75. The second-order valence-corrected chi connectivity index (χ2v) is 5.67. The number of carbonyl (C=O) groups is 1. The molecule has 0 radical (unpaired) electrons. The van der Waals surface area contributed by atoms with E-state index in [0.29, 0.717) is 6.42 Å².